The number of ether oxygens (including phenoxy) is 1. The topological polar surface area (TPSA) is 58.6 Å². The van der Waals surface area contributed by atoms with Crippen molar-refractivity contribution < 1.29 is 18.7 Å². The van der Waals surface area contributed by atoms with Crippen LogP contribution in [-0.4, -0.2) is 31.5 Å². The van der Waals surface area contributed by atoms with Crippen molar-refractivity contribution in [2.24, 2.45) is 0 Å². The van der Waals surface area contributed by atoms with E-state index in [1.54, 1.807) is 49.5 Å². The number of nitrogens with one attached hydrogen (secondary N) is 1. The van der Waals surface area contributed by atoms with Gasteiger partial charge < -0.3 is 15.0 Å². The molecule has 1 fully saturated rings. The Hall–Kier alpha value is -2.89. The molecule has 3 rings (SSSR count). The lowest BCUT2D eigenvalue weighted by molar-refractivity contribution is -0.122. The number of anilines is 1. The van der Waals surface area contributed by atoms with Crippen LogP contribution in [0.1, 0.15) is 16.8 Å². The molecule has 0 radical (unpaired) electrons. The van der Waals surface area contributed by atoms with Gasteiger partial charge in [-0.2, -0.15) is 0 Å². The van der Waals surface area contributed by atoms with E-state index in [1.165, 1.54) is 11.0 Å². The van der Waals surface area contributed by atoms with Gasteiger partial charge in [0.05, 0.1) is 5.69 Å². The van der Waals surface area contributed by atoms with Crippen LogP contribution in [0.2, 0.25) is 0 Å². The van der Waals surface area contributed by atoms with Crippen LogP contribution in [0.3, 0.4) is 0 Å². The zero-order chi connectivity index (χ0) is 17.1. The number of amides is 2. The van der Waals surface area contributed by atoms with Crippen molar-refractivity contribution in [3.8, 4) is 5.75 Å². The minimum atomic E-state index is -0.657. The predicted octanol–water partition coefficient (Wildman–Crippen LogP) is 2.37. The summed E-state index contributed by atoms with van der Waals surface area (Å²) in [5, 5.41) is 2.53. The molecule has 0 spiro atoms. The summed E-state index contributed by atoms with van der Waals surface area (Å²) < 4.78 is 19.6. The minimum Gasteiger partial charge on any atom is -0.481 e. The second kappa shape index (κ2) is 6.70. The first kappa shape index (κ1) is 16.0. The van der Waals surface area contributed by atoms with Gasteiger partial charge in [0.1, 0.15) is 11.6 Å². The Balaban J connectivity index is 1.70. The van der Waals surface area contributed by atoms with E-state index in [0.29, 0.717) is 24.3 Å². The first-order valence-electron chi connectivity index (χ1n) is 7.65. The molecule has 2 aromatic rings. The third-order valence-corrected chi connectivity index (χ3v) is 3.92. The lowest BCUT2D eigenvalue weighted by atomic mass is 10.2. The fraction of sp³-hybridized carbons (Fsp3) is 0.222. The molecular formula is C18H17FN2O3. The van der Waals surface area contributed by atoms with E-state index in [0.717, 1.165) is 0 Å². The molecule has 1 N–H and O–H groups in total. The van der Waals surface area contributed by atoms with Crippen LogP contribution in [0.4, 0.5) is 10.1 Å². The summed E-state index contributed by atoms with van der Waals surface area (Å²) in [6.45, 7) is 0.404. The summed E-state index contributed by atoms with van der Waals surface area (Å²) >= 11 is 0. The van der Waals surface area contributed by atoms with Crippen LogP contribution >= 0.6 is 0 Å². The molecule has 1 heterocycles. The number of rotatable bonds is 4. The maximum absolute atomic E-state index is 13.8. The third kappa shape index (κ3) is 3.08. The normalized spacial score (nSPS) is 17.0. The molecular weight excluding hydrogens is 311 g/mol. The molecule has 24 heavy (non-hydrogen) atoms. The fourth-order valence-electron chi connectivity index (χ4n) is 2.67. The summed E-state index contributed by atoms with van der Waals surface area (Å²) in [5.74, 6) is -0.391. The minimum absolute atomic E-state index is 0.191. The predicted molar refractivity (Wildman–Crippen MR) is 87.6 cm³/mol. The molecule has 2 aromatic carbocycles. The molecule has 2 amide bonds. The fourth-order valence-corrected chi connectivity index (χ4v) is 2.67. The Morgan fingerprint density at radius 1 is 1.21 bits per heavy atom. The maximum atomic E-state index is 13.8. The number of nitrogens with zero attached hydrogens (tertiary/aromatic N) is 1. The second-order valence-corrected chi connectivity index (χ2v) is 5.44. The number of para-hydroxylation sites is 1. The van der Waals surface area contributed by atoms with Crippen LogP contribution < -0.4 is 15.0 Å². The van der Waals surface area contributed by atoms with E-state index in [4.69, 9.17) is 4.74 Å². The molecule has 0 aromatic heterocycles. The van der Waals surface area contributed by atoms with E-state index < -0.39 is 11.9 Å². The molecule has 0 saturated carbocycles. The lowest BCUT2D eigenvalue weighted by Gasteiger charge is -2.18. The molecule has 5 nitrogen and oxygen atoms in total. The Kier molecular flexibility index (Phi) is 4.46. The SMILES string of the molecule is CNC(=O)c1ccc(O[C@@H]2CCN(c3ccccc3F)C2=O)cc1. The van der Waals surface area contributed by atoms with Gasteiger partial charge in [-0.05, 0) is 36.4 Å². The first-order chi connectivity index (χ1) is 11.6. The van der Waals surface area contributed by atoms with Crippen LogP contribution in [-0.2, 0) is 4.79 Å². The monoisotopic (exact) mass is 328 g/mol. The van der Waals surface area contributed by atoms with Crippen LogP contribution in [0.15, 0.2) is 48.5 Å². The number of hydrogen-bond acceptors (Lipinski definition) is 3. The van der Waals surface area contributed by atoms with E-state index in [1.807, 2.05) is 0 Å². The van der Waals surface area contributed by atoms with Gasteiger partial charge in [0, 0.05) is 25.6 Å². The standard InChI is InChI=1S/C18H17FN2O3/c1-20-17(22)12-6-8-13(9-7-12)24-16-10-11-21(18(16)23)15-5-3-2-4-14(15)19/h2-9,16H,10-11H2,1H3,(H,20,22)/t16-/m1/s1. The Labute approximate surface area is 139 Å². The van der Waals surface area contributed by atoms with Gasteiger partial charge in [0.2, 0.25) is 0 Å². The van der Waals surface area contributed by atoms with Gasteiger partial charge in [0.15, 0.2) is 6.10 Å². The number of hydrogen-bond donors (Lipinski definition) is 1. The highest BCUT2D eigenvalue weighted by Crippen LogP contribution is 2.26. The molecule has 6 heteroatoms. The van der Waals surface area contributed by atoms with Gasteiger partial charge in [-0.1, -0.05) is 12.1 Å². The third-order valence-electron chi connectivity index (χ3n) is 3.92. The highest BCUT2D eigenvalue weighted by atomic mass is 19.1. The van der Waals surface area contributed by atoms with E-state index >= 15 is 0 Å². The van der Waals surface area contributed by atoms with Gasteiger partial charge in [-0.15, -0.1) is 0 Å². The van der Waals surface area contributed by atoms with E-state index in [2.05, 4.69) is 5.32 Å². The van der Waals surface area contributed by atoms with Crippen molar-refractivity contribution in [2.45, 2.75) is 12.5 Å². The molecule has 1 aliphatic rings. The van der Waals surface area contributed by atoms with Gasteiger partial charge in [0.25, 0.3) is 11.8 Å². The molecule has 1 aliphatic heterocycles. The molecule has 1 saturated heterocycles. The summed E-state index contributed by atoms with van der Waals surface area (Å²) in [6, 6.07) is 12.7. The van der Waals surface area contributed by atoms with E-state index in [9.17, 15) is 14.0 Å². The lowest BCUT2D eigenvalue weighted by Crippen LogP contribution is -2.32. The van der Waals surface area contributed by atoms with Crippen molar-refractivity contribution in [2.75, 3.05) is 18.5 Å². The quantitative estimate of drug-likeness (QED) is 0.937. The van der Waals surface area contributed by atoms with E-state index in [-0.39, 0.29) is 17.5 Å². The van der Waals surface area contributed by atoms with Crippen molar-refractivity contribution in [3.05, 3.63) is 59.9 Å². The molecule has 0 aliphatic carbocycles. The van der Waals surface area contributed by atoms with Crippen LogP contribution in [0.25, 0.3) is 0 Å². The van der Waals surface area contributed by atoms with Crippen LogP contribution in [0, 0.1) is 5.82 Å². The maximum Gasteiger partial charge on any atom is 0.268 e. The Morgan fingerprint density at radius 2 is 1.92 bits per heavy atom. The van der Waals surface area contributed by atoms with Crippen molar-refractivity contribution in [1.82, 2.24) is 5.32 Å². The average Bonchev–Trinajstić information content (AvgIpc) is 2.96. The van der Waals surface area contributed by atoms with Crippen molar-refractivity contribution in [1.29, 1.82) is 0 Å². The van der Waals surface area contributed by atoms with Crippen molar-refractivity contribution in [3.63, 3.8) is 0 Å². The first-order valence-corrected chi connectivity index (χ1v) is 7.65. The average molecular weight is 328 g/mol. The van der Waals surface area contributed by atoms with Gasteiger partial charge in [-0.25, -0.2) is 4.39 Å². The number of carbonyl (C=O) groups excluding carboxylic acids is 2. The summed E-state index contributed by atoms with van der Waals surface area (Å²) in [5.41, 5.74) is 0.777. The summed E-state index contributed by atoms with van der Waals surface area (Å²) in [7, 11) is 1.56. The van der Waals surface area contributed by atoms with Gasteiger partial charge >= 0.3 is 0 Å². The number of benzene rings is 2. The largest absolute Gasteiger partial charge is 0.481 e. The smallest absolute Gasteiger partial charge is 0.268 e. The zero-order valence-electron chi connectivity index (χ0n) is 13.2. The molecule has 124 valence electrons. The molecule has 0 unspecified atom stereocenters. The Morgan fingerprint density at radius 3 is 2.58 bits per heavy atom. The molecule has 0 bridgehead atoms. The summed E-state index contributed by atoms with van der Waals surface area (Å²) in [6.07, 6.45) is -0.180. The summed E-state index contributed by atoms with van der Waals surface area (Å²) in [4.78, 5) is 25.4. The van der Waals surface area contributed by atoms with Crippen molar-refractivity contribution >= 4 is 17.5 Å². The molecule has 1 atom stereocenters. The van der Waals surface area contributed by atoms with Gasteiger partial charge in [-0.3, -0.25) is 9.59 Å². The number of halogens is 1. The zero-order valence-corrected chi connectivity index (χ0v) is 13.2. The number of carbonyl (C=O) groups is 2. The Bertz CT molecular complexity index is 761. The second-order valence-electron chi connectivity index (χ2n) is 5.44. The highest BCUT2D eigenvalue weighted by molar-refractivity contribution is 5.99. The van der Waals surface area contributed by atoms with Crippen LogP contribution in [0.5, 0.6) is 5.75 Å². The highest BCUT2D eigenvalue weighted by Gasteiger charge is 2.35.